The molecule has 0 aromatic carbocycles. The number of aromatic amines is 1. The molecule has 0 radical (unpaired) electrons. The second-order valence-corrected chi connectivity index (χ2v) is 6.25. The molecule has 0 spiro atoms. The summed E-state index contributed by atoms with van der Waals surface area (Å²) in [4.78, 5) is 5.00. The molecule has 102 valence electrons. The summed E-state index contributed by atoms with van der Waals surface area (Å²) in [5.74, 6) is 1.05. The zero-order valence-corrected chi connectivity index (χ0v) is 12.0. The van der Waals surface area contributed by atoms with Gasteiger partial charge in [0.15, 0.2) is 5.82 Å². The second kappa shape index (κ2) is 5.35. The molecule has 0 saturated carbocycles. The summed E-state index contributed by atoms with van der Waals surface area (Å²) < 4.78 is 0. The Bertz CT molecular complexity index is 537. The Morgan fingerprint density at radius 3 is 2.89 bits per heavy atom. The number of nitrogens with one attached hydrogen (secondary N) is 1. The van der Waals surface area contributed by atoms with E-state index in [1.807, 2.05) is 11.3 Å². The third-order valence-electron chi connectivity index (χ3n) is 3.70. The van der Waals surface area contributed by atoms with Gasteiger partial charge < -0.3 is 10.6 Å². The lowest BCUT2D eigenvalue weighted by Crippen LogP contribution is -2.39. The van der Waals surface area contributed by atoms with E-state index in [1.54, 1.807) is 0 Å². The Morgan fingerprint density at radius 1 is 1.42 bits per heavy atom. The summed E-state index contributed by atoms with van der Waals surface area (Å²) in [5.41, 5.74) is 7.06. The average Bonchev–Trinajstić information content (AvgIpc) is 3.08. The van der Waals surface area contributed by atoms with Gasteiger partial charge in [-0.25, -0.2) is 0 Å². The maximum atomic E-state index is 5.94. The maximum Gasteiger partial charge on any atom is 0.151 e. The number of rotatable bonds is 3. The third-order valence-corrected chi connectivity index (χ3v) is 4.97. The predicted octanol–water partition coefficient (Wildman–Crippen LogP) is 2.63. The number of aromatic nitrogens is 2. The van der Waals surface area contributed by atoms with Crippen LogP contribution in [-0.2, 0) is 6.42 Å². The number of thiophene rings is 1. The largest absolute Gasteiger partial charge is 0.355 e. The van der Waals surface area contributed by atoms with Crippen molar-refractivity contribution < 1.29 is 0 Å². The predicted molar refractivity (Wildman–Crippen MR) is 80.7 cm³/mol. The monoisotopic (exact) mass is 276 g/mol. The van der Waals surface area contributed by atoms with Gasteiger partial charge in [0.2, 0.25) is 0 Å². The summed E-state index contributed by atoms with van der Waals surface area (Å²) in [6, 6.07) is 6.88. The minimum absolute atomic E-state index is 0.360. The minimum Gasteiger partial charge on any atom is -0.355 e. The molecule has 0 unspecified atom stereocenters. The lowest BCUT2D eigenvalue weighted by Gasteiger charge is -2.29. The Balaban J connectivity index is 1.75. The third kappa shape index (κ3) is 2.67. The number of hydrogen-bond acceptors (Lipinski definition) is 4. The highest BCUT2D eigenvalue weighted by atomic mass is 32.1. The fourth-order valence-corrected chi connectivity index (χ4v) is 3.35. The number of piperidine rings is 1. The molecular formula is C14H20N4S. The molecule has 3 N–H and O–H groups in total. The number of nitrogens with zero attached hydrogens (tertiary/aromatic N) is 2. The topological polar surface area (TPSA) is 57.9 Å². The maximum absolute atomic E-state index is 5.94. The molecule has 0 atom stereocenters. The van der Waals surface area contributed by atoms with Crippen LogP contribution in [0.1, 0.15) is 24.6 Å². The van der Waals surface area contributed by atoms with Gasteiger partial charge in [0.25, 0.3) is 0 Å². The molecule has 3 heterocycles. The number of anilines is 1. The molecule has 0 bridgehead atoms. The van der Waals surface area contributed by atoms with Gasteiger partial charge in [0, 0.05) is 30.1 Å². The van der Waals surface area contributed by atoms with Crippen LogP contribution in [-0.4, -0.2) is 29.3 Å². The molecule has 19 heavy (non-hydrogen) atoms. The van der Waals surface area contributed by atoms with Crippen LogP contribution >= 0.6 is 11.3 Å². The smallest absolute Gasteiger partial charge is 0.151 e. The molecule has 0 aliphatic carbocycles. The van der Waals surface area contributed by atoms with Crippen LogP contribution in [0.4, 0.5) is 5.82 Å². The summed E-state index contributed by atoms with van der Waals surface area (Å²) in [6.07, 6.45) is 3.21. The van der Waals surface area contributed by atoms with E-state index < -0.39 is 0 Å². The molecule has 1 aliphatic rings. The Kier molecular flexibility index (Phi) is 3.57. The second-order valence-electron chi connectivity index (χ2n) is 5.08. The van der Waals surface area contributed by atoms with Gasteiger partial charge in [-0.1, -0.05) is 6.92 Å². The van der Waals surface area contributed by atoms with Crippen molar-refractivity contribution in [1.82, 2.24) is 10.2 Å². The summed E-state index contributed by atoms with van der Waals surface area (Å²) >= 11 is 1.84. The van der Waals surface area contributed by atoms with E-state index in [2.05, 4.69) is 40.2 Å². The molecule has 0 amide bonds. The normalized spacial score (nSPS) is 17.1. The molecule has 1 fully saturated rings. The lowest BCUT2D eigenvalue weighted by atomic mass is 10.1. The van der Waals surface area contributed by atoms with Crippen LogP contribution in [0.3, 0.4) is 0 Å². The van der Waals surface area contributed by atoms with Crippen LogP contribution in [0.2, 0.25) is 0 Å². The van der Waals surface area contributed by atoms with Crippen molar-refractivity contribution in [2.24, 2.45) is 5.73 Å². The number of aryl methyl sites for hydroxylation is 1. The number of H-pyrrole nitrogens is 1. The SMILES string of the molecule is CCc1ccc(-c2cc(N3CCC(N)CC3)n[nH]2)s1. The molecule has 1 aliphatic heterocycles. The van der Waals surface area contributed by atoms with Crippen molar-refractivity contribution in [1.29, 1.82) is 0 Å². The van der Waals surface area contributed by atoms with E-state index in [0.717, 1.165) is 43.9 Å². The summed E-state index contributed by atoms with van der Waals surface area (Å²) in [6.45, 7) is 4.21. The van der Waals surface area contributed by atoms with Crippen molar-refractivity contribution in [3.8, 4) is 10.6 Å². The fraction of sp³-hybridized carbons (Fsp3) is 0.500. The van der Waals surface area contributed by atoms with Crippen molar-refractivity contribution in [2.75, 3.05) is 18.0 Å². The zero-order valence-electron chi connectivity index (χ0n) is 11.2. The first kappa shape index (κ1) is 12.7. The standard InChI is InChI=1S/C14H20N4S/c1-2-11-3-4-13(19-11)12-9-14(17-16-12)18-7-5-10(15)6-8-18/h3-4,9-10H,2,5-8,15H2,1H3,(H,16,17). The van der Waals surface area contributed by atoms with Crippen LogP contribution in [0.5, 0.6) is 0 Å². The Labute approximate surface area is 117 Å². The first-order chi connectivity index (χ1) is 9.26. The highest BCUT2D eigenvalue weighted by Gasteiger charge is 2.18. The van der Waals surface area contributed by atoms with E-state index >= 15 is 0 Å². The number of hydrogen-bond donors (Lipinski definition) is 2. The zero-order chi connectivity index (χ0) is 13.2. The van der Waals surface area contributed by atoms with E-state index in [0.29, 0.717) is 6.04 Å². The van der Waals surface area contributed by atoms with Crippen molar-refractivity contribution in [2.45, 2.75) is 32.2 Å². The Morgan fingerprint density at radius 2 is 2.21 bits per heavy atom. The number of nitrogens with two attached hydrogens (primary N) is 1. The average molecular weight is 276 g/mol. The van der Waals surface area contributed by atoms with Gasteiger partial charge in [-0.2, -0.15) is 5.10 Å². The molecule has 2 aromatic rings. The van der Waals surface area contributed by atoms with Crippen LogP contribution < -0.4 is 10.6 Å². The van der Waals surface area contributed by atoms with Gasteiger partial charge in [-0.05, 0) is 31.4 Å². The first-order valence-corrected chi connectivity index (χ1v) is 7.73. The van der Waals surface area contributed by atoms with Crippen molar-refractivity contribution in [3.05, 3.63) is 23.1 Å². The van der Waals surface area contributed by atoms with E-state index in [4.69, 9.17) is 5.73 Å². The summed E-state index contributed by atoms with van der Waals surface area (Å²) in [5, 5.41) is 7.60. The van der Waals surface area contributed by atoms with Crippen molar-refractivity contribution >= 4 is 17.2 Å². The lowest BCUT2D eigenvalue weighted by molar-refractivity contribution is 0.498. The molecule has 5 heteroatoms. The van der Waals surface area contributed by atoms with Crippen LogP contribution in [0, 0.1) is 0 Å². The molecular weight excluding hydrogens is 256 g/mol. The molecule has 1 saturated heterocycles. The van der Waals surface area contributed by atoms with Gasteiger partial charge >= 0.3 is 0 Å². The van der Waals surface area contributed by atoms with E-state index in [9.17, 15) is 0 Å². The molecule has 4 nitrogen and oxygen atoms in total. The van der Waals surface area contributed by atoms with Gasteiger partial charge in [-0.15, -0.1) is 11.3 Å². The van der Waals surface area contributed by atoms with Gasteiger partial charge in [-0.3, -0.25) is 5.10 Å². The minimum atomic E-state index is 0.360. The molecule has 3 rings (SSSR count). The van der Waals surface area contributed by atoms with Gasteiger partial charge in [0.05, 0.1) is 10.6 Å². The van der Waals surface area contributed by atoms with Crippen molar-refractivity contribution in [3.63, 3.8) is 0 Å². The highest BCUT2D eigenvalue weighted by Crippen LogP contribution is 2.29. The first-order valence-electron chi connectivity index (χ1n) is 6.91. The van der Waals surface area contributed by atoms with Crippen LogP contribution in [0.15, 0.2) is 18.2 Å². The van der Waals surface area contributed by atoms with Gasteiger partial charge in [0.1, 0.15) is 0 Å². The Hall–Kier alpha value is -1.33. The highest BCUT2D eigenvalue weighted by molar-refractivity contribution is 7.15. The summed E-state index contributed by atoms with van der Waals surface area (Å²) in [7, 11) is 0. The van der Waals surface area contributed by atoms with E-state index in [1.165, 1.54) is 9.75 Å². The molecule has 2 aromatic heterocycles. The fourth-order valence-electron chi connectivity index (χ4n) is 2.44. The van der Waals surface area contributed by atoms with Crippen LogP contribution in [0.25, 0.3) is 10.6 Å². The quantitative estimate of drug-likeness (QED) is 0.906. The van der Waals surface area contributed by atoms with E-state index in [-0.39, 0.29) is 0 Å².